The molecule has 0 aromatic carbocycles. The monoisotopic (exact) mass is 176 g/mol. The van der Waals surface area contributed by atoms with E-state index in [-0.39, 0.29) is 25.7 Å². The number of alkyl halides is 2. The Bertz CT molecular complexity index is 180. The smallest absolute Gasteiger partial charge is 0.424 e. The zero-order valence-corrected chi connectivity index (χ0v) is 6.63. The standard InChI is InChI=1S/C7H11BF2O2/c9-7(10)3-1-6(2-4-7)5-8(11)12/h5,11-12H,1-4H2. The minimum Gasteiger partial charge on any atom is -0.424 e. The van der Waals surface area contributed by atoms with Gasteiger partial charge in [0.15, 0.2) is 0 Å². The average Bonchev–Trinajstić information content (AvgIpc) is 1.93. The first-order valence-electron chi connectivity index (χ1n) is 3.93. The van der Waals surface area contributed by atoms with Gasteiger partial charge in [-0.2, -0.15) is 0 Å². The van der Waals surface area contributed by atoms with Crippen LogP contribution in [-0.4, -0.2) is 23.1 Å². The second-order valence-electron chi connectivity index (χ2n) is 3.09. The summed E-state index contributed by atoms with van der Waals surface area (Å²) in [6.07, 6.45) is 0.187. The Morgan fingerprint density at radius 2 is 1.75 bits per heavy atom. The molecule has 0 aromatic rings. The highest BCUT2D eigenvalue weighted by Gasteiger charge is 2.32. The van der Waals surface area contributed by atoms with E-state index < -0.39 is 13.0 Å². The van der Waals surface area contributed by atoms with Crippen molar-refractivity contribution in [2.45, 2.75) is 31.6 Å². The van der Waals surface area contributed by atoms with E-state index in [1.807, 2.05) is 0 Å². The first kappa shape index (κ1) is 9.67. The van der Waals surface area contributed by atoms with E-state index in [2.05, 4.69) is 0 Å². The number of allylic oxidation sites excluding steroid dienone is 1. The average molecular weight is 176 g/mol. The van der Waals surface area contributed by atoms with Gasteiger partial charge >= 0.3 is 7.12 Å². The Morgan fingerprint density at radius 3 is 2.17 bits per heavy atom. The predicted octanol–water partition coefficient (Wildman–Crippen LogP) is 1.13. The third kappa shape index (κ3) is 2.91. The molecule has 0 saturated heterocycles. The second kappa shape index (κ2) is 3.54. The fourth-order valence-electron chi connectivity index (χ4n) is 1.31. The molecule has 5 heteroatoms. The Labute approximate surface area is 70.0 Å². The molecule has 1 saturated carbocycles. The van der Waals surface area contributed by atoms with Crippen LogP contribution < -0.4 is 0 Å². The molecule has 0 radical (unpaired) electrons. The van der Waals surface area contributed by atoms with Gasteiger partial charge in [-0.1, -0.05) is 11.5 Å². The Kier molecular flexibility index (Phi) is 2.85. The largest absolute Gasteiger partial charge is 0.480 e. The zero-order valence-electron chi connectivity index (χ0n) is 6.63. The molecule has 1 rings (SSSR count). The van der Waals surface area contributed by atoms with Crippen molar-refractivity contribution in [1.29, 1.82) is 0 Å². The molecule has 0 atom stereocenters. The molecule has 2 N–H and O–H groups in total. The van der Waals surface area contributed by atoms with Gasteiger partial charge in [-0.3, -0.25) is 0 Å². The molecular formula is C7H11BF2O2. The van der Waals surface area contributed by atoms with Crippen LogP contribution >= 0.6 is 0 Å². The molecule has 0 aliphatic heterocycles. The van der Waals surface area contributed by atoms with Crippen molar-refractivity contribution in [3.8, 4) is 0 Å². The lowest BCUT2D eigenvalue weighted by molar-refractivity contribution is -0.0246. The molecule has 0 spiro atoms. The normalized spacial score (nSPS) is 22.2. The summed E-state index contributed by atoms with van der Waals surface area (Å²) in [6, 6.07) is 0. The van der Waals surface area contributed by atoms with Crippen LogP contribution in [0.25, 0.3) is 0 Å². The van der Waals surface area contributed by atoms with Gasteiger partial charge in [0.1, 0.15) is 0 Å². The fourth-order valence-corrected chi connectivity index (χ4v) is 1.31. The molecule has 1 aliphatic carbocycles. The van der Waals surface area contributed by atoms with Crippen LogP contribution in [0.4, 0.5) is 8.78 Å². The van der Waals surface area contributed by atoms with E-state index in [9.17, 15) is 8.78 Å². The summed E-state index contributed by atoms with van der Waals surface area (Å²) < 4.78 is 25.1. The molecule has 0 aromatic heterocycles. The highest BCUT2D eigenvalue weighted by Crippen LogP contribution is 2.35. The lowest BCUT2D eigenvalue weighted by atomic mass is 9.82. The van der Waals surface area contributed by atoms with Crippen molar-refractivity contribution in [3.63, 3.8) is 0 Å². The molecule has 0 amide bonds. The lowest BCUT2D eigenvalue weighted by Gasteiger charge is -2.23. The first-order chi connectivity index (χ1) is 5.49. The van der Waals surface area contributed by atoms with E-state index in [0.29, 0.717) is 0 Å². The van der Waals surface area contributed by atoms with E-state index in [1.165, 1.54) is 5.98 Å². The van der Waals surface area contributed by atoms with Crippen LogP contribution in [0.15, 0.2) is 11.5 Å². The lowest BCUT2D eigenvalue weighted by Crippen LogP contribution is -2.21. The van der Waals surface area contributed by atoms with Gasteiger partial charge in [-0.15, -0.1) is 0 Å². The number of halogens is 2. The third-order valence-electron chi connectivity index (χ3n) is 2.01. The molecule has 0 bridgehead atoms. The van der Waals surface area contributed by atoms with Gasteiger partial charge in [0, 0.05) is 12.8 Å². The highest BCUT2D eigenvalue weighted by molar-refractivity contribution is 6.47. The summed E-state index contributed by atoms with van der Waals surface area (Å²) in [5.74, 6) is -1.33. The van der Waals surface area contributed by atoms with Crippen molar-refractivity contribution in [2.24, 2.45) is 0 Å². The Balaban J connectivity index is 2.46. The maximum absolute atomic E-state index is 12.6. The van der Waals surface area contributed by atoms with E-state index in [1.54, 1.807) is 0 Å². The molecule has 12 heavy (non-hydrogen) atoms. The van der Waals surface area contributed by atoms with Crippen molar-refractivity contribution in [3.05, 3.63) is 11.5 Å². The molecule has 0 unspecified atom stereocenters. The molecule has 68 valence electrons. The molecule has 0 heterocycles. The van der Waals surface area contributed by atoms with Crippen LogP contribution in [0.3, 0.4) is 0 Å². The summed E-state index contributed by atoms with van der Waals surface area (Å²) >= 11 is 0. The summed E-state index contributed by atoms with van der Waals surface area (Å²) in [6.45, 7) is 0. The molecular weight excluding hydrogens is 165 g/mol. The van der Waals surface area contributed by atoms with Crippen molar-refractivity contribution in [1.82, 2.24) is 0 Å². The minimum absolute atomic E-state index is 0.175. The van der Waals surface area contributed by atoms with Crippen molar-refractivity contribution >= 4 is 7.12 Å². The van der Waals surface area contributed by atoms with Crippen molar-refractivity contribution < 1.29 is 18.8 Å². The van der Waals surface area contributed by atoms with Gasteiger partial charge in [0.25, 0.3) is 0 Å². The summed E-state index contributed by atoms with van der Waals surface area (Å²) in [5, 5.41) is 17.1. The van der Waals surface area contributed by atoms with Crippen LogP contribution in [0.2, 0.25) is 0 Å². The molecule has 2 nitrogen and oxygen atoms in total. The van der Waals surface area contributed by atoms with Gasteiger partial charge in [0.2, 0.25) is 5.92 Å². The SMILES string of the molecule is OB(O)C=C1CCC(F)(F)CC1. The summed E-state index contributed by atoms with van der Waals surface area (Å²) in [5.41, 5.74) is 0.718. The Morgan fingerprint density at radius 1 is 1.25 bits per heavy atom. The predicted molar refractivity (Wildman–Crippen MR) is 41.7 cm³/mol. The maximum Gasteiger partial charge on any atom is 0.480 e. The van der Waals surface area contributed by atoms with E-state index in [0.717, 1.165) is 5.57 Å². The minimum atomic E-state index is -2.56. The third-order valence-corrected chi connectivity index (χ3v) is 2.01. The number of rotatable bonds is 1. The fraction of sp³-hybridized carbons (Fsp3) is 0.714. The quantitative estimate of drug-likeness (QED) is 0.588. The van der Waals surface area contributed by atoms with E-state index in [4.69, 9.17) is 10.0 Å². The van der Waals surface area contributed by atoms with Gasteiger partial charge in [0.05, 0.1) is 0 Å². The molecule has 1 fully saturated rings. The second-order valence-corrected chi connectivity index (χ2v) is 3.09. The Hall–Kier alpha value is -0.415. The van der Waals surface area contributed by atoms with Crippen LogP contribution in [-0.2, 0) is 0 Å². The number of hydrogen-bond acceptors (Lipinski definition) is 2. The summed E-state index contributed by atoms with van der Waals surface area (Å²) in [7, 11) is -1.51. The first-order valence-corrected chi connectivity index (χ1v) is 3.93. The van der Waals surface area contributed by atoms with Gasteiger partial charge in [-0.25, -0.2) is 8.78 Å². The topological polar surface area (TPSA) is 40.5 Å². The van der Waals surface area contributed by atoms with Gasteiger partial charge < -0.3 is 10.0 Å². The summed E-state index contributed by atoms with van der Waals surface area (Å²) in [4.78, 5) is 0. The van der Waals surface area contributed by atoms with E-state index >= 15 is 0 Å². The molecule has 1 aliphatic rings. The van der Waals surface area contributed by atoms with Crippen molar-refractivity contribution in [2.75, 3.05) is 0 Å². The van der Waals surface area contributed by atoms with Crippen LogP contribution in [0, 0.1) is 0 Å². The zero-order chi connectivity index (χ0) is 9.19. The van der Waals surface area contributed by atoms with Crippen LogP contribution in [0.5, 0.6) is 0 Å². The highest BCUT2D eigenvalue weighted by atomic mass is 19.3. The van der Waals surface area contributed by atoms with Gasteiger partial charge in [-0.05, 0) is 12.8 Å². The number of hydrogen-bond donors (Lipinski definition) is 2. The maximum atomic E-state index is 12.6. The van der Waals surface area contributed by atoms with Crippen LogP contribution in [0.1, 0.15) is 25.7 Å².